The molecule has 0 radical (unpaired) electrons. The molecule has 1 aromatic carbocycles. The van der Waals surface area contributed by atoms with E-state index in [0.717, 1.165) is 5.56 Å². The fourth-order valence-corrected chi connectivity index (χ4v) is 3.26. The van der Waals surface area contributed by atoms with Gasteiger partial charge in [0.2, 0.25) is 11.8 Å². The first-order chi connectivity index (χ1) is 14.5. The standard InChI is InChI=1S/C23H37N3O5/c1-14(2)11-17(24)19(27)13-20(28)26-21(15(3)4)22(29)25-18(23(30)31-5)12-16-9-7-6-8-10-16/h6-10,14-15,17-19,21,27H,11-13,24H2,1-5H3,(H,25,29)(H,26,28)/t17-,18-,19-,21-/m0/s1. The van der Waals surface area contributed by atoms with E-state index in [2.05, 4.69) is 10.6 Å². The van der Waals surface area contributed by atoms with Gasteiger partial charge in [0.05, 0.1) is 19.6 Å². The van der Waals surface area contributed by atoms with Gasteiger partial charge in [0.15, 0.2) is 0 Å². The maximum absolute atomic E-state index is 12.9. The Hall–Kier alpha value is -2.45. The SMILES string of the molecule is COC(=O)[C@H](Cc1ccccc1)NC(=O)[C@@H](NC(=O)C[C@H](O)[C@@H](N)CC(C)C)C(C)C. The van der Waals surface area contributed by atoms with E-state index in [1.54, 1.807) is 13.8 Å². The summed E-state index contributed by atoms with van der Waals surface area (Å²) in [5.74, 6) is -1.47. The lowest BCUT2D eigenvalue weighted by Crippen LogP contribution is -2.55. The molecule has 0 aliphatic carbocycles. The van der Waals surface area contributed by atoms with Crippen LogP contribution in [0.3, 0.4) is 0 Å². The van der Waals surface area contributed by atoms with Gasteiger partial charge in [0.1, 0.15) is 12.1 Å². The molecule has 2 amide bonds. The molecule has 0 heterocycles. The second kappa shape index (κ2) is 13.1. The third-order valence-electron chi connectivity index (χ3n) is 4.98. The minimum absolute atomic E-state index is 0.200. The van der Waals surface area contributed by atoms with Crippen molar-refractivity contribution in [1.82, 2.24) is 10.6 Å². The highest BCUT2D eigenvalue weighted by Gasteiger charge is 2.30. The Balaban J connectivity index is 2.79. The minimum Gasteiger partial charge on any atom is -0.467 e. The number of carbonyl (C=O) groups excluding carboxylic acids is 3. The molecule has 0 saturated carbocycles. The Morgan fingerprint density at radius 3 is 2.19 bits per heavy atom. The number of hydrogen-bond acceptors (Lipinski definition) is 6. The van der Waals surface area contributed by atoms with Crippen LogP contribution in [0.2, 0.25) is 0 Å². The second-order valence-corrected chi connectivity index (χ2v) is 8.63. The molecular weight excluding hydrogens is 398 g/mol. The molecule has 1 aromatic rings. The lowest BCUT2D eigenvalue weighted by Gasteiger charge is -2.26. The smallest absolute Gasteiger partial charge is 0.328 e. The molecule has 5 N–H and O–H groups in total. The highest BCUT2D eigenvalue weighted by Crippen LogP contribution is 2.11. The van der Waals surface area contributed by atoms with E-state index >= 15 is 0 Å². The number of aliphatic hydroxyl groups excluding tert-OH is 1. The van der Waals surface area contributed by atoms with Crippen molar-refractivity contribution >= 4 is 17.8 Å². The van der Waals surface area contributed by atoms with Crippen LogP contribution in [0, 0.1) is 11.8 Å². The minimum atomic E-state index is -1.00. The largest absolute Gasteiger partial charge is 0.467 e. The van der Waals surface area contributed by atoms with Gasteiger partial charge in [-0.2, -0.15) is 0 Å². The molecule has 31 heavy (non-hydrogen) atoms. The normalized spacial score (nSPS) is 15.1. The van der Waals surface area contributed by atoms with Gasteiger partial charge in [0, 0.05) is 12.5 Å². The molecule has 0 bridgehead atoms. The number of benzene rings is 1. The number of hydrogen-bond donors (Lipinski definition) is 4. The predicted molar refractivity (Wildman–Crippen MR) is 119 cm³/mol. The first-order valence-electron chi connectivity index (χ1n) is 10.7. The first kappa shape index (κ1) is 26.6. The zero-order valence-corrected chi connectivity index (χ0v) is 19.1. The summed E-state index contributed by atoms with van der Waals surface area (Å²) >= 11 is 0. The molecular formula is C23H37N3O5. The molecule has 174 valence electrons. The van der Waals surface area contributed by atoms with Crippen LogP contribution in [-0.4, -0.2) is 54.2 Å². The van der Waals surface area contributed by atoms with E-state index in [4.69, 9.17) is 10.5 Å². The highest BCUT2D eigenvalue weighted by atomic mass is 16.5. The van der Waals surface area contributed by atoms with Crippen molar-refractivity contribution in [3.63, 3.8) is 0 Å². The van der Waals surface area contributed by atoms with Crippen LogP contribution in [-0.2, 0) is 25.5 Å². The van der Waals surface area contributed by atoms with Gasteiger partial charge in [-0.3, -0.25) is 9.59 Å². The van der Waals surface area contributed by atoms with Crippen molar-refractivity contribution in [1.29, 1.82) is 0 Å². The van der Waals surface area contributed by atoms with Crippen LogP contribution in [0.4, 0.5) is 0 Å². The van der Waals surface area contributed by atoms with Crippen LogP contribution in [0.15, 0.2) is 30.3 Å². The number of aliphatic hydroxyl groups is 1. The van der Waals surface area contributed by atoms with Crippen LogP contribution in [0.25, 0.3) is 0 Å². The molecule has 0 unspecified atom stereocenters. The zero-order valence-electron chi connectivity index (χ0n) is 19.1. The number of esters is 1. The third kappa shape index (κ3) is 9.48. The van der Waals surface area contributed by atoms with Gasteiger partial charge in [-0.25, -0.2) is 4.79 Å². The fourth-order valence-electron chi connectivity index (χ4n) is 3.26. The molecule has 1 rings (SSSR count). The molecule has 8 nitrogen and oxygen atoms in total. The average Bonchev–Trinajstić information content (AvgIpc) is 2.70. The quantitative estimate of drug-likeness (QED) is 0.364. The van der Waals surface area contributed by atoms with E-state index in [1.165, 1.54) is 7.11 Å². The Morgan fingerprint density at radius 2 is 1.68 bits per heavy atom. The zero-order chi connectivity index (χ0) is 23.6. The van der Waals surface area contributed by atoms with Crippen LogP contribution in [0.5, 0.6) is 0 Å². The summed E-state index contributed by atoms with van der Waals surface area (Å²) in [5, 5.41) is 15.5. The number of rotatable bonds is 12. The van der Waals surface area contributed by atoms with Crippen molar-refractivity contribution < 1.29 is 24.2 Å². The number of amides is 2. The van der Waals surface area contributed by atoms with E-state index in [-0.39, 0.29) is 18.8 Å². The lowest BCUT2D eigenvalue weighted by molar-refractivity contribution is -0.145. The molecule has 0 saturated heterocycles. The van der Waals surface area contributed by atoms with Crippen LogP contribution in [0.1, 0.15) is 46.1 Å². The Kier molecular flexibility index (Phi) is 11.2. The topological polar surface area (TPSA) is 131 Å². The molecule has 0 aliphatic heterocycles. The summed E-state index contributed by atoms with van der Waals surface area (Å²) in [6.07, 6.45) is -0.350. The van der Waals surface area contributed by atoms with Crippen molar-refractivity contribution in [2.45, 2.75) is 71.2 Å². The van der Waals surface area contributed by atoms with Crippen molar-refractivity contribution in [3.05, 3.63) is 35.9 Å². The van der Waals surface area contributed by atoms with Gasteiger partial charge in [-0.1, -0.05) is 58.0 Å². The number of carbonyl (C=O) groups is 3. The number of nitrogens with one attached hydrogen (secondary N) is 2. The summed E-state index contributed by atoms with van der Waals surface area (Å²) in [6.45, 7) is 7.55. The van der Waals surface area contributed by atoms with E-state index in [1.807, 2.05) is 44.2 Å². The van der Waals surface area contributed by atoms with Gasteiger partial charge >= 0.3 is 5.97 Å². The molecule has 0 fully saturated rings. The number of methoxy groups -OCH3 is 1. The third-order valence-corrected chi connectivity index (χ3v) is 4.98. The van der Waals surface area contributed by atoms with Crippen LogP contribution >= 0.6 is 0 Å². The Labute approximate surface area is 184 Å². The second-order valence-electron chi connectivity index (χ2n) is 8.63. The van der Waals surface area contributed by atoms with Crippen molar-refractivity contribution in [3.8, 4) is 0 Å². The fraction of sp³-hybridized carbons (Fsp3) is 0.609. The summed E-state index contributed by atoms with van der Waals surface area (Å²) in [7, 11) is 1.26. The number of ether oxygens (including phenoxy) is 1. The maximum atomic E-state index is 12.9. The number of nitrogens with two attached hydrogens (primary N) is 1. The molecule has 0 spiro atoms. The van der Waals surface area contributed by atoms with Crippen molar-refractivity contribution in [2.24, 2.45) is 17.6 Å². The highest BCUT2D eigenvalue weighted by molar-refractivity contribution is 5.91. The average molecular weight is 436 g/mol. The summed E-state index contributed by atoms with van der Waals surface area (Å²) in [4.78, 5) is 37.5. The van der Waals surface area contributed by atoms with Gasteiger partial charge < -0.3 is 26.2 Å². The van der Waals surface area contributed by atoms with Gasteiger partial charge in [0.25, 0.3) is 0 Å². The Morgan fingerprint density at radius 1 is 1.06 bits per heavy atom. The molecule has 4 atom stereocenters. The van der Waals surface area contributed by atoms with Gasteiger partial charge in [-0.05, 0) is 23.8 Å². The molecule has 0 aliphatic rings. The Bertz CT molecular complexity index is 708. The van der Waals surface area contributed by atoms with Crippen molar-refractivity contribution in [2.75, 3.05) is 7.11 Å². The maximum Gasteiger partial charge on any atom is 0.328 e. The van der Waals surface area contributed by atoms with Crippen LogP contribution < -0.4 is 16.4 Å². The van der Waals surface area contributed by atoms with E-state index < -0.39 is 42.0 Å². The van der Waals surface area contributed by atoms with E-state index in [9.17, 15) is 19.5 Å². The lowest BCUT2D eigenvalue weighted by atomic mass is 9.97. The molecule has 0 aromatic heterocycles. The summed E-state index contributed by atoms with van der Waals surface area (Å²) in [6, 6.07) is 6.98. The first-order valence-corrected chi connectivity index (χ1v) is 10.7. The predicted octanol–water partition coefficient (Wildman–Crippen LogP) is 1.15. The van der Waals surface area contributed by atoms with E-state index in [0.29, 0.717) is 12.3 Å². The molecule has 8 heteroatoms. The summed E-state index contributed by atoms with van der Waals surface area (Å²) < 4.78 is 4.83. The van der Waals surface area contributed by atoms with Gasteiger partial charge in [-0.15, -0.1) is 0 Å². The summed E-state index contributed by atoms with van der Waals surface area (Å²) in [5.41, 5.74) is 6.81. The monoisotopic (exact) mass is 435 g/mol.